The van der Waals surface area contributed by atoms with Crippen LogP contribution >= 0.6 is 0 Å². The highest BCUT2D eigenvalue weighted by Crippen LogP contribution is 2.32. The molecule has 3 aromatic carbocycles. The van der Waals surface area contributed by atoms with E-state index in [1.54, 1.807) is 12.1 Å². The van der Waals surface area contributed by atoms with Crippen LogP contribution in [-0.2, 0) is 27.2 Å². The number of halogens is 6. The van der Waals surface area contributed by atoms with Crippen LogP contribution in [0.15, 0.2) is 82.8 Å². The van der Waals surface area contributed by atoms with E-state index in [0.29, 0.717) is 12.1 Å². The molecule has 0 unspecified atom stereocenters. The molecule has 0 atom stereocenters. The minimum atomic E-state index is -4.67. The maximum atomic E-state index is 13.4. The van der Waals surface area contributed by atoms with E-state index >= 15 is 0 Å². The number of anilines is 1. The maximum Gasteiger partial charge on any atom is 0.416 e. The number of carbonyl (C=O) groups excluding carboxylic acids is 1. The number of hydrazone groups is 1. The number of hydrogen-bond acceptors (Lipinski definition) is 4. The molecule has 0 aromatic heterocycles. The number of sulfonamides is 1. The minimum Gasteiger partial charge on any atom is -0.271 e. The van der Waals surface area contributed by atoms with Crippen molar-refractivity contribution in [1.29, 1.82) is 0 Å². The van der Waals surface area contributed by atoms with E-state index < -0.39 is 50.9 Å². The van der Waals surface area contributed by atoms with Gasteiger partial charge in [0, 0.05) is 0 Å². The van der Waals surface area contributed by atoms with E-state index in [9.17, 15) is 39.6 Å². The molecule has 0 aliphatic carbocycles. The average molecular weight is 572 g/mol. The van der Waals surface area contributed by atoms with Gasteiger partial charge in [0.05, 0.1) is 27.9 Å². The van der Waals surface area contributed by atoms with Gasteiger partial charge in [-0.1, -0.05) is 38.1 Å². The fourth-order valence-corrected chi connectivity index (χ4v) is 4.81. The highest BCUT2D eigenvalue weighted by molar-refractivity contribution is 7.92. The third-order valence-electron chi connectivity index (χ3n) is 5.55. The van der Waals surface area contributed by atoms with Gasteiger partial charge in [0.1, 0.15) is 6.54 Å². The van der Waals surface area contributed by atoms with Crippen molar-refractivity contribution in [3.05, 3.63) is 95.1 Å². The molecule has 1 N–H and O–H groups in total. The van der Waals surface area contributed by atoms with Gasteiger partial charge >= 0.3 is 12.4 Å². The summed E-state index contributed by atoms with van der Waals surface area (Å²) in [6.07, 6.45) is -8.11. The number of amides is 1. The molecule has 1 amide bonds. The number of alkyl halides is 6. The van der Waals surface area contributed by atoms with Crippen molar-refractivity contribution >= 4 is 27.8 Å². The monoisotopic (exact) mass is 571 g/mol. The van der Waals surface area contributed by atoms with Crippen molar-refractivity contribution < 1.29 is 39.6 Å². The standard InChI is InChI=1S/C26H23F6N3O3S/c1-17(2)19-5-11-22(12-6-19)35(39(37,38)23-13-9-21(10-14-23)26(30,31)32)16-24(36)34-33-15-18-3-7-20(8-4-18)25(27,28)29/h3-15,17H,16H2,1-2H3,(H,34,36)/b33-15+. The molecule has 0 aliphatic heterocycles. The summed E-state index contributed by atoms with van der Waals surface area (Å²) in [5.41, 5.74) is 1.42. The van der Waals surface area contributed by atoms with Gasteiger partial charge in [-0.15, -0.1) is 0 Å². The highest BCUT2D eigenvalue weighted by Gasteiger charge is 2.32. The summed E-state index contributed by atoms with van der Waals surface area (Å²) in [6, 6.07) is 13.1. The molecular formula is C26H23F6N3O3S. The van der Waals surface area contributed by atoms with Crippen molar-refractivity contribution in [1.82, 2.24) is 5.43 Å². The van der Waals surface area contributed by atoms with E-state index in [1.807, 2.05) is 13.8 Å². The molecule has 0 aliphatic rings. The largest absolute Gasteiger partial charge is 0.416 e. The number of rotatable bonds is 8. The average Bonchev–Trinajstić information content (AvgIpc) is 2.86. The second-order valence-electron chi connectivity index (χ2n) is 8.69. The second kappa shape index (κ2) is 11.5. The molecular weight excluding hydrogens is 548 g/mol. The van der Waals surface area contributed by atoms with Crippen molar-refractivity contribution in [2.45, 2.75) is 37.0 Å². The Bertz CT molecular complexity index is 1420. The van der Waals surface area contributed by atoms with Crippen molar-refractivity contribution in [2.75, 3.05) is 10.8 Å². The van der Waals surface area contributed by atoms with Gasteiger partial charge in [-0.05, 0) is 65.6 Å². The van der Waals surface area contributed by atoms with Crippen LogP contribution in [0.5, 0.6) is 0 Å². The molecule has 3 aromatic rings. The number of carbonyl (C=O) groups is 1. The van der Waals surface area contributed by atoms with Crippen LogP contribution in [0.1, 0.15) is 42.0 Å². The van der Waals surface area contributed by atoms with Gasteiger partial charge in [-0.2, -0.15) is 31.4 Å². The SMILES string of the molecule is CC(C)c1ccc(N(CC(=O)N/N=C/c2ccc(C(F)(F)F)cc2)S(=O)(=O)c2ccc(C(F)(F)F)cc2)cc1. The summed E-state index contributed by atoms with van der Waals surface area (Å²) < 4.78 is 104. The Balaban J connectivity index is 1.85. The van der Waals surface area contributed by atoms with Crippen LogP contribution in [0.3, 0.4) is 0 Å². The molecule has 6 nitrogen and oxygen atoms in total. The minimum absolute atomic E-state index is 0.0844. The molecule has 0 bridgehead atoms. The summed E-state index contributed by atoms with van der Waals surface area (Å²) in [5.74, 6) is -0.775. The lowest BCUT2D eigenvalue weighted by Gasteiger charge is -2.24. The lowest BCUT2D eigenvalue weighted by molar-refractivity contribution is -0.138. The summed E-state index contributed by atoms with van der Waals surface area (Å²) >= 11 is 0. The van der Waals surface area contributed by atoms with Crippen molar-refractivity contribution in [3.63, 3.8) is 0 Å². The second-order valence-corrected chi connectivity index (χ2v) is 10.6. The summed E-state index contributed by atoms with van der Waals surface area (Å²) in [6.45, 7) is 3.07. The molecule has 0 heterocycles. The van der Waals surface area contributed by atoms with Crippen LogP contribution in [0, 0.1) is 0 Å². The molecule has 0 radical (unpaired) electrons. The Morgan fingerprint density at radius 3 is 1.79 bits per heavy atom. The Morgan fingerprint density at radius 1 is 0.846 bits per heavy atom. The van der Waals surface area contributed by atoms with Crippen LogP contribution in [0.2, 0.25) is 0 Å². The highest BCUT2D eigenvalue weighted by atomic mass is 32.2. The van der Waals surface area contributed by atoms with Crippen molar-refractivity contribution in [2.24, 2.45) is 5.10 Å². The first kappa shape index (κ1) is 29.7. The van der Waals surface area contributed by atoms with Crippen LogP contribution < -0.4 is 9.73 Å². The third kappa shape index (κ3) is 7.59. The van der Waals surface area contributed by atoms with Gasteiger partial charge < -0.3 is 0 Å². The van der Waals surface area contributed by atoms with Gasteiger partial charge in [-0.3, -0.25) is 9.10 Å². The molecule has 0 saturated carbocycles. The Kier molecular flexibility index (Phi) is 8.74. The normalized spacial score (nSPS) is 12.6. The maximum absolute atomic E-state index is 13.4. The number of hydrogen-bond donors (Lipinski definition) is 1. The number of nitrogens with zero attached hydrogens (tertiary/aromatic N) is 2. The van der Waals surface area contributed by atoms with E-state index in [-0.39, 0.29) is 17.2 Å². The Morgan fingerprint density at radius 2 is 1.33 bits per heavy atom. The smallest absolute Gasteiger partial charge is 0.271 e. The molecule has 3 rings (SSSR count). The van der Waals surface area contributed by atoms with Crippen LogP contribution in [0.4, 0.5) is 32.0 Å². The molecule has 0 saturated heterocycles. The third-order valence-corrected chi connectivity index (χ3v) is 7.33. The van der Waals surface area contributed by atoms with Crippen molar-refractivity contribution in [3.8, 4) is 0 Å². The number of benzene rings is 3. The summed E-state index contributed by atoms with van der Waals surface area (Å²) in [5, 5.41) is 3.66. The lowest BCUT2D eigenvalue weighted by atomic mass is 10.0. The quantitative estimate of drug-likeness (QED) is 0.199. The summed E-state index contributed by atoms with van der Waals surface area (Å²) in [7, 11) is -4.49. The van der Waals surface area contributed by atoms with E-state index in [2.05, 4.69) is 10.5 Å². The first-order valence-corrected chi connectivity index (χ1v) is 12.8. The van der Waals surface area contributed by atoms with Gasteiger partial charge in [0.15, 0.2) is 0 Å². The van der Waals surface area contributed by atoms with Gasteiger partial charge in [0.2, 0.25) is 0 Å². The first-order valence-electron chi connectivity index (χ1n) is 11.4. The molecule has 13 heteroatoms. The Hall–Kier alpha value is -3.87. The summed E-state index contributed by atoms with van der Waals surface area (Å²) in [4.78, 5) is 12.1. The fourth-order valence-electron chi connectivity index (χ4n) is 3.39. The number of nitrogens with one attached hydrogen (secondary N) is 1. The zero-order valence-corrected chi connectivity index (χ0v) is 21.4. The zero-order chi connectivity index (χ0) is 29.0. The Labute approximate surface area is 221 Å². The van der Waals surface area contributed by atoms with E-state index in [0.717, 1.165) is 52.5 Å². The van der Waals surface area contributed by atoms with Gasteiger partial charge in [-0.25, -0.2) is 13.8 Å². The topological polar surface area (TPSA) is 78.8 Å². The predicted molar refractivity (Wildman–Crippen MR) is 134 cm³/mol. The zero-order valence-electron chi connectivity index (χ0n) is 20.6. The lowest BCUT2D eigenvalue weighted by Crippen LogP contribution is -2.39. The molecule has 0 fully saturated rings. The van der Waals surface area contributed by atoms with Crippen LogP contribution in [-0.4, -0.2) is 27.1 Å². The molecule has 39 heavy (non-hydrogen) atoms. The predicted octanol–water partition coefficient (Wildman–Crippen LogP) is 6.19. The van der Waals surface area contributed by atoms with E-state index in [4.69, 9.17) is 0 Å². The molecule has 0 spiro atoms. The van der Waals surface area contributed by atoms with Gasteiger partial charge in [0.25, 0.3) is 15.9 Å². The van der Waals surface area contributed by atoms with E-state index in [1.165, 1.54) is 12.1 Å². The molecule has 208 valence electrons. The van der Waals surface area contributed by atoms with Crippen LogP contribution in [0.25, 0.3) is 0 Å². The fraction of sp³-hybridized carbons (Fsp3) is 0.231. The first-order chi connectivity index (χ1) is 18.1.